The van der Waals surface area contributed by atoms with E-state index in [1.54, 1.807) is 4.90 Å². The molecular formula is C25H46N4O6. The Morgan fingerprint density at radius 1 is 0.943 bits per heavy atom. The van der Waals surface area contributed by atoms with Crippen molar-refractivity contribution in [2.75, 3.05) is 13.1 Å². The van der Waals surface area contributed by atoms with E-state index in [1.807, 2.05) is 34.6 Å². The average molecular weight is 499 g/mol. The molecule has 1 heterocycles. The molecule has 0 radical (unpaired) electrons. The minimum atomic E-state index is -0.752. The molecule has 202 valence electrons. The minimum Gasteiger partial charge on any atom is -0.354 e. The lowest BCUT2D eigenvalue weighted by molar-refractivity contribution is -0.151. The highest BCUT2D eigenvalue weighted by molar-refractivity contribution is 5.84. The first kappa shape index (κ1) is 30.8. The van der Waals surface area contributed by atoms with Crippen molar-refractivity contribution < 1.29 is 28.9 Å². The van der Waals surface area contributed by atoms with Crippen molar-refractivity contribution in [3.63, 3.8) is 0 Å². The zero-order valence-corrected chi connectivity index (χ0v) is 22.5. The van der Waals surface area contributed by atoms with Crippen LogP contribution in [0, 0.1) is 17.8 Å². The number of nitrogens with one attached hydrogen (secondary N) is 3. The van der Waals surface area contributed by atoms with Gasteiger partial charge in [-0.2, -0.15) is 0 Å². The van der Waals surface area contributed by atoms with Crippen molar-refractivity contribution in [3.05, 3.63) is 0 Å². The maximum Gasteiger partial charge on any atom is 0.254 e. The van der Waals surface area contributed by atoms with Crippen molar-refractivity contribution in [2.45, 2.75) is 105 Å². The molecule has 10 nitrogen and oxygen atoms in total. The standard InChI is InChI=1S/C25H46N4O6/c1-16(2)12-20(24(32)26-14-17(3)4)34-27-22(30)10-8-9-11-23(31)28-35-21-13-19(7)29(25(21)33)15-18(5)6/h16-21H,8-15H2,1-7H3,(H,26,32)(H,27,30)(H,28,31)/t19?,20-,21-/m1/s1. The summed E-state index contributed by atoms with van der Waals surface area (Å²) in [7, 11) is 0. The van der Waals surface area contributed by atoms with Crippen molar-refractivity contribution in [1.82, 2.24) is 21.2 Å². The molecule has 1 aliphatic heterocycles. The molecule has 1 aliphatic rings. The van der Waals surface area contributed by atoms with Crippen LogP contribution < -0.4 is 16.3 Å². The molecule has 3 atom stereocenters. The van der Waals surface area contributed by atoms with Gasteiger partial charge in [-0.3, -0.25) is 28.9 Å². The molecule has 4 amide bonds. The smallest absolute Gasteiger partial charge is 0.254 e. The van der Waals surface area contributed by atoms with Gasteiger partial charge in [0.25, 0.3) is 11.8 Å². The monoisotopic (exact) mass is 498 g/mol. The molecule has 3 N–H and O–H groups in total. The van der Waals surface area contributed by atoms with E-state index in [9.17, 15) is 19.2 Å². The van der Waals surface area contributed by atoms with Crippen molar-refractivity contribution in [2.24, 2.45) is 17.8 Å². The number of rotatable bonds is 16. The van der Waals surface area contributed by atoms with Gasteiger partial charge < -0.3 is 10.2 Å². The van der Waals surface area contributed by atoms with Crippen LogP contribution in [0.3, 0.4) is 0 Å². The Balaban J connectivity index is 2.27. The van der Waals surface area contributed by atoms with Crippen LogP contribution in [0.1, 0.15) is 87.0 Å². The summed E-state index contributed by atoms with van der Waals surface area (Å²) in [5.74, 6) is -0.115. The second-order valence-electron chi connectivity index (χ2n) is 10.7. The highest BCUT2D eigenvalue weighted by Crippen LogP contribution is 2.22. The van der Waals surface area contributed by atoms with Crippen LogP contribution in [-0.4, -0.2) is 59.9 Å². The third-order valence-corrected chi connectivity index (χ3v) is 5.56. The van der Waals surface area contributed by atoms with Gasteiger partial charge in [0.15, 0.2) is 12.2 Å². The van der Waals surface area contributed by atoms with E-state index in [0.717, 1.165) is 0 Å². The molecule has 0 bridgehead atoms. The SMILES string of the molecule is CC(C)CNC(=O)[C@@H](CC(C)C)ONC(=O)CCCCC(=O)NO[C@@H]1CC(C)N(CC(C)C)C1=O. The van der Waals surface area contributed by atoms with Crippen molar-refractivity contribution in [1.29, 1.82) is 0 Å². The number of nitrogens with zero attached hydrogens (tertiary/aromatic N) is 1. The van der Waals surface area contributed by atoms with Gasteiger partial charge in [-0.15, -0.1) is 0 Å². The molecular weight excluding hydrogens is 452 g/mol. The van der Waals surface area contributed by atoms with Gasteiger partial charge in [-0.25, -0.2) is 11.0 Å². The van der Waals surface area contributed by atoms with Crippen LogP contribution in [0.25, 0.3) is 0 Å². The van der Waals surface area contributed by atoms with Crippen LogP contribution in [-0.2, 0) is 28.9 Å². The Kier molecular flexibility index (Phi) is 13.9. The average Bonchev–Trinajstić information content (AvgIpc) is 3.03. The Morgan fingerprint density at radius 2 is 1.54 bits per heavy atom. The fraction of sp³-hybridized carbons (Fsp3) is 0.840. The van der Waals surface area contributed by atoms with Crippen LogP contribution in [0.5, 0.6) is 0 Å². The largest absolute Gasteiger partial charge is 0.354 e. The zero-order chi connectivity index (χ0) is 26.5. The lowest BCUT2D eigenvalue weighted by atomic mass is 10.1. The van der Waals surface area contributed by atoms with Gasteiger partial charge in [0, 0.05) is 38.4 Å². The molecule has 0 aromatic heterocycles. The van der Waals surface area contributed by atoms with E-state index in [2.05, 4.69) is 30.1 Å². The fourth-order valence-electron chi connectivity index (χ4n) is 3.70. The Morgan fingerprint density at radius 3 is 2.09 bits per heavy atom. The van der Waals surface area contributed by atoms with Gasteiger partial charge in [0.2, 0.25) is 11.8 Å². The summed E-state index contributed by atoms with van der Waals surface area (Å²) in [5, 5.41) is 2.83. The summed E-state index contributed by atoms with van der Waals surface area (Å²) in [6, 6.07) is 0.0777. The number of unbranched alkanes of at least 4 members (excludes halogenated alkanes) is 1. The van der Waals surface area contributed by atoms with E-state index in [0.29, 0.717) is 50.6 Å². The summed E-state index contributed by atoms with van der Waals surface area (Å²) >= 11 is 0. The number of carbonyl (C=O) groups excluding carboxylic acids is 4. The summed E-state index contributed by atoms with van der Waals surface area (Å²) < 4.78 is 0. The van der Waals surface area contributed by atoms with Crippen LogP contribution in [0.2, 0.25) is 0 Å². The first-order valence-corrected chi connectivity index (χ1v) is 12.9. The molecule has 0 saturated carbocycles. The molecule has 10 heteroatoms. The van der Waals surface area contributed by atoms with Crippen LogP contribution in [0.4, 0.5) is 0 Å². The Hall–Kier alpha value is -2.20. The summed E-state index contributed by atoms with van der Waals surface area (Å²) in [5.41, 5.74) is 4.74. The van der Waals surface area contributed by atoms with Crippen molar-refractivity contribution >= 4 is 23.6 Å². The Labute approximate surface area is 210 Å². The van der Waals surface area contributed by atoms with Gasteiger partial charge >= 0.3 is 0 Å². The molecule has 35 heavy (non-hydrogen) atoms. The van der Waals surface area contributed by atoms with E-state index < -0.39 is 12.2 Å². The minimum absolute atomic E-state index is 0.0777. The fourth-order valence-corrected chi connectivity index (χ4v) is 3.70. The van der Waals surface area contributed by atoms with E-state index in [-0.39, 0.29) is 48.4 Å². The number of hydroxylamine groups is 2. The normalized spacial score (nSPS) is 18.9. The molecule has 1 rings (SSSR count). The number of likely N-dealkylation sites (tertiary alicyclic amines) is 1. The lowest BCUT2D eigenvalue weighted by Gasteiger charge is -2.23. The van der Waals surface area contributed by atoms with Gasteiger partial charge in [0.1, 0.15) is 0 Å². The zero-order valence-electron chi connectivity index (χ0n) is 22.5. The van der Waals surface area contributed by atoms with E-state index in [1.165, 1.54) is 0 Å². The molecule has 0 spiro atoms. The highest BCUT2D eigenvalue weighted by Gasteiger charge is 2.38. The molecule has 1 fully saturated rings. The van der Waals surface area contributed by atoms with Crippen LogP contribution in [0.15, 0.2) is 0 Å². The predicted octanol–water partition coefficient (Wildman–Crippen LogP) is 2.47. The van der Waals surface area contributed by atoms with Crippen LogP contribution >= 0.6 is 0 Å². The molecule has 0 aromatic rings. The number of carbonyl (C=O) groups is 4. The second-order valence-corrected chi connectivity index (χ2v) is 10.7. The topological polar surface area (TPSA) is 126 Å². The first-order valence-electron chi connectivity index (χ1n) is 12.9. The molecule has 1 unspecified atom stereocenters. The third-order valence-electron chi connectivity index (χ3n) is 5.56. The van der Waals surface area contributed by atoms with E-state index >= 15 is 0 Å². The number of hydrogen-bond donors (Lipinski definition) is 3. The highest BCUT2D eigenvalue weighted by atomic mass is 16.7. The molecule has 0 aromatic carbocycles. The van der Waals surface area contributed by atoms with Gasteiger partial charge in [-0.1, -0.05) is 41.5 Å². The third kappa shape index (κ3) is 12.4. The molecule has 0 aliphatic carbocycles. The van der Waals surface area contributed by atoms with Crippen molar-refractivity contribution in [3.8, 4) is 0 Å². The van der Waals surface area contributed by atoms with Gasteiger partial charge in [-0.05, 0) is 43.9 Å². The number of hydrogen-bond acceptors (Lipinski definition) is 6. The predicted molar refractivity (Wildman–Crippen MR) is 132 cm³/mol. The van der Waals surface area contributed by atoms with Gasteiger partial charge in [0.05, 0.1) is 0 Å². The Bertz CT molecular complexity index is 697. The summed E-state index contributed by atoms with van der Waals surface area (Å²) in [6.45, 7) is 15.3. The maximum absolute atomic E-state index is 12.4. The lowest BCUT2D eigenvalue weighted by Crippen LogP contribution is -2.42. The molecule has 1 saturated heterocycles. The van der Waals surface area contributed by atoms with E-state index in [4.69, 9.17) is 9.68 Å². The number of amides is 4. The maximum atomic E-state index is 12.4. The summed E-state index contributed by atoms with van der Waals surface area (Å²) in [4.78, 5) is 61.5. The second kappa shape index (κ2) is 15.7. The first-order chi connectivity index (χ1) is 16.4. The summed E-state index contributed by atoms with van der Waals surface area (Å²) in [6.07, 6.45) is 0.902. The quantitative estimate of drug-likeness (QED) is 0.222.